The summed E-state index contributed by atoms with van der Waals surface area (Å²) in [6.45, 7) is 1.58. The normalized spacial score (nSPS) is 14.6. The molecule has 0 amide bonds. The molecule has 0 saturated heterocycles. The van der Waals surface area contributed by atoms with E-state index in [-0.39, 0.29) is 0 Å². The summed E-state index contributed by atoms with van der Waals surface area (Å²) in [4.78, 5) is 1.99. The van der Waals surface area contributed by atoms with Crippen LogP contribution in [0, 0.1) is 0 Å². The van der Waals surface area contributed by atoms with Crippen LogP contribution in [0.1, 0.15) is 18.1 Å². The van der Waals surface area contributed by atoms with E-state index >= 15 is 0 Å². The monoisotopic (exact) mass is 331 g/mol. The minimum absolute atomic E-state index is 0.330. The van der Waals surface area contributed by atoms with Crippen LogP contribution in [-0.4, -0.2) is 55.1 Å². The van der Waals surface area contributed by atoms with Gasteiger partial charge in [-0.05, 0) is 25.1 Å². The summed E-state index contributed by atoms with van der Waals surface area (Å²) >= 11 is 3.43. The van der Waals surface area contributed by atoms with Gasteiger partial charge in [0.1, 0.15) is 0 Å². The minimum atomic E-state index is -0.502. The van der Waals surface area contributed by atoms with Gasteiger partial charge in [0.25, 0.3) is 0 Å². The van der Waals surface area contributed by atoms with Crippen molar-refractivity contribution in [3.63, 3.8) is 0 Å². The number of aliphatic hydroxyl groups is 2. The largest absolute Gasteiger partial charge is 0.389 e. The average Bonchev–Trinajstić information content (AvgIpc) is 2.36. The van der Waals surface area contributed by atoms with Gasteiger partial charge in [0.15, 0.2) is 0 Å². The van der Waals surface area contributed by atoms with Gasteiger partial charge in [0, 0.05) is 24.7 Å². The number of benzene rings is 1. The lowest BCUT2D eigenvalue weighted by molar-refractivity contribution is 0.0398. The first-order chi connectivity index (χ1) is 9.04. The number of halogens is 1. The molecule has 0 aliphatic rings. The molecule has 1 aromatic carbocycles. The van der Waals surface area contributed by atoms with Crippen molar-refractivity contribution >= 4 is 15.9 Å². The molecule has 0 saturated carbocycles. The van der Waals surface area contributed by atoms with E-state index < -0.39 is 12.2 Å². The van der Waals surface area contributed by atoms with Gasteiger partial charge in [-0.25, -0.2) is 0 Å². The standard InChI is InChI=1S/C14H22BrNO3/c1-16(9-11(17)10-19-2)8-7-14(18)12-5-3-4-6-13(12)15/h3-6,11,14,17-18H,7-10H2,1-2H3. The molecule has 0 aromatic heterocycles. The highest BCUT2D eigenvalue weighted by molar-refractivity contribution is 9.10. The first-order valence-corrected chi connectivity index (χ1v) is 7.12. The number of hydrogen-bond acceptors (Lipinski definition) is 4. The molecule has 1 rings (SSSR count). The minimum Gasteiger partial charge on any atom is -0.389 e. The van der Waals surface area contributed by atoms with Crippen LogP contribution < -0.4 is 0 Å². The Balaban J connectivity index is 2.38. The van der Waals surface area contributed by atoms with E-state index in [4.69, 9.17) is 4.74 Å². The molecular formula is C14H22BrNO3. The Hall–Kier alpha value is -0.460. The molecule has 2 N–H and O–H groups in total. The molecule has 0 fully saturated rings. The SMILES string of the molecule is COCC(O)CN(C)CCC(O)c1ccccc1Br. The highest BCUT2D eigenvalue weighted by Crippen LogP contribution is 2.25. The lowest BCUT2D eigenvalue weighted by Gasteiger charge is -2.22. The molecule has 0 aliphatic carbocycles. The third-order valence-corrected chi connectivity index (χ3v) is 3.65. The molecule has 0 heterocycles. The highest BCUT2D eigenvalue weighted by atomic mass is 79.9. The number of likely N-dealkylation sites (N-methyl/N-ethyl adjacent to an activating group) is 1. The van der Waals surface area contributed by atoms with Gasteiger partial charge in [0.2, 0.25) is 0 Å². The smallest absolute Gasteiger partial charge is 0.0899 e. The highest BCUT2D eigenvalue weighted by Gasteiger charge is 2.13. The van der Waals surface area contributed by atoms with Crippen LogP contribution in [0.25, 0.3) is 0 Å². The number of ether oxygens (including phenoxy) is 1. The molecule has 0 radical (unpaired) electrons. The quantitative estimate of drug-likeness (QED) is 0.762. The summed E-state index contributed by atoms with van der Waals surface area (Å²) in [7, 11) is 3.49. The van der Waals surface area contributed by atoms with E-state index in [1.165, 1.54) is 0 Å². The molecular weight excluding hydrogens is 310 g/mol. The van der Waals surface area contributed by atoms with Crippen LogP contribution in [0.2, 0.25) is 0 Å². The average molecular weight is 332 g/mol. The van der Waals surface area contributed by atoms with E-state index in [0.29, 0.717) is 26.1 Å². The van der Waals surface area contributed by atoms with Crippen LogP contribution in [0.15, 0.2) is 28.7 Å². The number of hydrogen-bond donors (Lipinski definition) is 2. The molecule has 0 bridgehead atoms. The second-order valence-corrected chi connectivity index (χ2v) is 5.55. The third kappa shape index (κ3) is 6.01. The second kappa shape index (κ2) is 8.66. The van der Waals surface area contributed by atoms with Gasteiger partial charge >= 0.3 is 0 Å². The lowest BCUT2D eigenvalue weighted by atomic mass is 10.1. The van der Waals surface area contributed by atoms with Crippen molar-refractivity contribution in [1.82, 2.24) is 4.90 Å². The zero-order valence-corrected chi connectivity index (χ0v) is 13.0. The van der Waals surface area contributed by atoms with E-state index in [1.54, 1.807) is 7.11 Å². The number of nitrogens with zero attached hydrogens (tertiary/aromatic N) is 1. The Bertz CT molecular complexity index is 375. The summed E-state index contributed by atoms with van der Waals surface area (Å²) in [5.74, 6) is 0. The fourth-order valence-corrected chi connectivity index (χ4v) is 2.49. The van der Waals surface area contributed by atoms with Gasteiger partial charge in [-0.3, -0.25) is 0 Å². The van der Waals surface area contributed by atoms with Crippen LogP contribution in [-0.2, 0) is 4.74 Å². The summed E-state index contributed by atoms with van der Waals surface area (Å²) in [6.07, 6.45) is -0.369. The van der Waals surface area contributed by atoms with Crippen LogP contribution in [0.5, 0.6) is 0 Å². The van der Waals surface area contributed by atoms with Crippen molar-refractivity contribution in [2.75, 3.05) is 33.9 Å². The second-order valence-electron chi connectivity index (χ2n) is 4.70. The van der Waals surface area contributed by atoms with Gasteiger partial charge < -0.3 is 19.8 Å². The number of aliphatic hydroxyl groups excluding tert-OH is 2. The molecule has 1 aromatic rings. The van der Waals surface area contributed by atoms with Crippen molar-refractivity contribution in [1.29, 1.82) is 0 Å². The van der Waals surface area contributed by atoms with Crippen LogP contribution >= 0.6 is 15.9 Å². The fraction of sp³-hybridized carbons (Fsp3) is 0.571. The maximum atomic E-state index is 10.1. The fourth-order valence-electron chi connectivity index (χ4n) is 1.94. The first kappa shape index (κ1) is 16.6. The first-order valence-electron chi connectivity index (χ1n) is 6.32. The Labute approximate surface area is 123 Å². The summed E-state index contributed by atoms with van der Waals surface area (Å²) in [5, 5.41) is 19.8. The Morgan fingerprint density at radius 3 is 2.63 bits per heavy atom. The molecule has 5 heteroatoms. The van der Waals surface area contributed by atoms with E-state index in [9.17, 15) is 10.2 Å². The number of methoxy groups -OCH3 is 1. The summed E-state index contributed by atoms with van der Waals surface area (Å²) in [5.41, 5.74) is 0.897. The van der Waals surface area contributed by atoms with Crippen molar-refractivity contribution < 1.29 is 14.9 Å². The molecule has 2 atom stereocenters. The van der Waals surface area contributed by atoms with E-state index in [2.05, 4.69) is 15.9 Å². The Morgan fingerprint density at radius 1 is 1.32 bits per heavy atom. The maximum Gasteiger partial charge on any atom is 0.0899 e. The predicted molar refractivity (Wildman–Crippen MR) is 79.1 cm³/mol. The number of rotatable bonds is 8. The topological polar surface area (TPSA) is 52.9 Å². The molecule has 2 unspecified atom stereocenters. The van der Waals surface area contributed by atoms with E-state index in [1.807, 2.05) is 36.2 Å². The maximum absolute atomic E-state index is 10.1. The van der Waals surface area contributed by atoms with Gasteiger partial charge in [0.05, 0.1) is 18.8 Å². The zero-order chi connectivity index (χ0) is 14.3. The molecule has 19 heavy (non-hydrogen) atoms. The Kier molecular flexibility index (Phi) is 7.56. The van der Waals surface area contributed by atoms with Crippen molar-refractivity contribution in [3.8, 4) is 0 Å². The van der Waals surface area contributed by atoms with Gasteiger partial charge in [-0.15, -0.1) is 0 Å². The van der Waals surface area contributed by atoms with Crippen LogP contribution in [0.4, 0.5) is 0 Å². The van der Waals surface area contributed by atoms with Crippen molar-refractivity contribution in [2.45, 2.75) is 18.6 Å². The van der Waals surface area contributed by atoms with Crippen LogP contribution in [0.3, 0.4) is 0 Å². The predicted octanol–water partition coefficient (Wildman–Crippen LogP) is 1.81. The third-order valence-electron chi connectivity index (χ3n) is 2.93. The molecule has 0 spiro atoms. The van der Waals surface area contributed by atoms with E-state index in [0.717, 1.165) is 10.0 Å². The molecule has 0 aliphatic heterocycles. The summed E-state index contributed by atoms with van der Waals surface area (Å²) in [6, 6.07) is 7.67. The summed E-state index contributed by atoms with van der Waals surface area (Å²) < 4.78 is 5.80. The lowest BCUT2D eigenvalue weighted by Crippen LogP contribution is -2.33. The molecule has 4 nitrogen and oxygen atoms in total. The molecule has 108 valence electrons. The van der Waals surface area contributed by atoms with Crippen molar-refractivity contribution in [2.24, 2.45) is 0 Å². The Morgan fingerprint density at radius 2 is 2.00 bits per heavy atom. The van der Waals surface area contributed by atoms with Gasteiger partial charge in [-0.1, -0.05) is 34.1 Å². The zero-order valence-electron chi connectivity index (χ0n) is 11.4. The van der Waals surface area contributed by atoms with Crippen molar-refractivity contribution in [3.05, 3.63) is 34.3 Å². The van der Waals surface area contributed by atoms with Gasteiger partial charge in [-0.2, -0.15) is 0 Å².